The van der Waals surface area contributed by atoms with E-state index in [1.807, 2.05) is 24.4 Å². The molecule has 5 aromatic carbocycles. The number of nitrogens with zero attached hydrogens (tertiary/aromatic N) is 1. The summed E-state index contributed by atoms with van der Waals surface area (Å²) >= 11 is 0. The lowest BCUT2D eigenvalue weighted by Gasteiger charge is -2.19. The fourth-order valence-corrected chi connectivity index (χ4v) is 7.96. The number of aryl methyl sites for hydroxylation is 1. The third-order valence-corrected chi connectivity index (χ3v) is 10.7. The molecule has 254 valence electrons. The molecule has 2 aliphatic rings. The van der Waals surface area contributed by atoms with Crippen molar-refractivity contribution in [1.82, 2.24) is 10.3 Å². The van der Waals surface area contributed by atoms with Crippen molar-refractivity contribution in [3.63, 3.8) is 0 Å². The van der Waals surface area contributed by atoms with Gasteiger partial charge in [0, 0.05) is 47.3 Å². The lowest BCUT2D eigenvalue weighted by Crippen LogP contribution is -2.25. The Balaban J connectivity index is 1.19. The Labute approximate surface area is 293 Å². The Kier molecular flexibility index (Phi) is 8.30. The molecule has 1 saturated carbocycles. The monoisotopic (exact) mass is 676 g/mol. The van der Waals surface area contributed by atoms with E-state index in [0.717, 1.165) is 30.7 Å². The van der Waals surface area contributed by atoms with E-state index < -0.39 is 11.9 Å². The summed E-state index contributed by atoms with van der Waals surface area (Å²) in [6.45, 7) is 0.413. The number of nitrogens with one attached hydrogen (secondary N) is 1. The van der Waals surface area contributed by atoms with Crippen molar-refractivity contribution in [1.29, 1.82) is 0 Å². The molecule has 51 heavy (non-hydrogen) atoms. The summed E-state index contributed by atoms with van der Waals surface area (Å²) < 4.78 is 0. The van der Waals surface area contributed by atoms with E-state index in [-0.39, 0.29) is 34.8 Å². The second-order valence-corrected chi connectivity index (χ2v) is 13.8. The summed E-state index contributed by atoms with van der Waals surface area (Å²) in [6, 6.07) is 17.3. The van der Waals surface area contributed by atoms with Crippen molar-refractivity contribution >= 4 is 66.7 Å². The number of hydrogen-bond donors (Lipinski definition) is 3. The largest absolute Gasteiger partial charge is 0.478 e. The van der Waals surface area contributed by atoms with Crippen LogP contribution in [-0.2, 0) is 6.42 Å². The van der Waals surface area contributed by atoms with Crippen LogP contribution in [0.2, 0.25) is 0 Å². The molecule has 1 amide bonds. The van der Waals surface area contributed by atoms with Gasteiger partial charge in [0.15, 0.2) is 5.78 Å². The summed E-state index contributed by atoms with van der Waals surface area (Å²) in [5, 5.41) is 28.3. The predicted octanol–water partition coefficient (Wildman–Crippen LogP) is 8.77. The zero-order valence-electron chi connectivity index (χ0n) is 27.9. The van der Waals surface area contributed by atoms with Crippen molar-refractivity contribution in [2.75, 3.05) is 6.54 Å². The van der Waals surface area contributed by atoms with Crippen LogP contribution >= 0.6 is 0 Å². The van der Waals surface area contributed by atoms with Crippen LogP contribution in [0, 0.1) is 11.8 Å². The second kappa shape index (κ2) is 13.1. The van der Waals surface area contributed by atoms with Gasteiger partial charge in [0.2, 0.25) is 0 Å². The van der Waals surface area contributed by atoms with Crippen LogP contribution in [0.5, 0.6) is 0 Å². The van der Waals surface area contributed by atoms with E-state index in [0.29, 0.717) is 74.0 Å². The lowest BCUT2D eigenvalue weighted by atomic mass is 9.83. The van der Waals surface area contributed by atoms with Gasteiger partial charge in [0.1, 0.15) is 0 Å². The number of carboxylic acids is 2. The highest BCUT2D eigenvalue weighted by Gasteiger charge is 2.34. The van der Waals surface area contributed by atoms with E-state index >= 15 is 0 Å². The zero-order chi connectivity index (χ0) is 35.2. The number of Topliss-reactive ketones (excluding diaryl/α,β-unsaturated/α-hetero) is 1. The van der Waals surface area contributed by atoms with Crippen LogP contribution in [-0.4, -0.2) is 45.4 Å². The smallest absolute Gasteiger partial charge is 0.336 e. The molecule has 2 aliphatic carbocycles. The number of unbranched alkanes of at least 4 members (excludes halogenated alkanes) is 1. The minimum atomic E-state index is -1.15. The van der Waals surface area contributed by atoms with E-state index in [4.69, 9.17) is 0 Å². The number of ketones is 1. The molecule has 8 nitrogen and oxygen atoms in total. The summed E-state index contributed by atoms with van der Waals surface area (Å²) in [4.78, 5) is 56.9. The number of carboxylic acid groups (broad SMARTS) is 2. The van der Waals surface area contributed by atoms with Gasteiger partial charge in [-0.05, 0) is 113 Å². The van der Waals surface area contributed by atoms with Crippen molar-refractivity contribution in [2.45, 2.75) is 44.9 Å². The second-order valence-electron chi connectivity index (χ2n) is 13.8. The number of rotatable bonds is 12. The first-order valence-corrected chi connectivity index (χ1v) is 17.5. The number of amides is 1. The molecule has 1 aromatic heterocycles. The maximum absolute atomic E-state index is 13.7. The number of pyridine rings is 1. The Morgan fingerprint density at radius 1 is 0.725 bits per heavy atom. The third-order valence-electron chi connectivity index (χ3n) is 10.7. The maximum atomic E-state index is 13.7. The van der Waals surface area contributed by atoms with E-state index in [1.54, 1.807) is 36.5 Å². The van der Waals surface area contributed by atoms with Crippen LogP contribution < -0.4 is 5.32 Å². The number of carbonyl (C=O) groups excluding carboxylic acids is 2. The molecule has 6 aromatic rings. The van der Waals surface area contributed by atoms with Crippen LogP contribution in [0.15, 0.2) is 96.9 Å². The van der Waals surface area contributed by atoms with Gasteiger partial charge in [0.25, 0.3) is 5.91 Å². The highest BCUT2D eigenvalue weighted by atomic mass is 16.4. The van der Waals surface area contributed by atoms with Crippen molar-refractivity contribution in [3.05, 3.63) is 125 Å². The number of aromatic carboxylic acids is 2. The Morgan fingerprint density at radius 2 is 1.35 bits per heavy atom. The molecule has 0 aliphatic heterocycles. The zero-order valence-corrected chi connectivity index (χ0v) is 27.9. The molecule has 0 bridgehead atoms. The van der Waals surface area contributed by atoms with Crippen LogP contribution in [0.4, 0.5) is 0 Å². The van der Waals surface area contributed by atoms with Gasteiger partial charge in [-0.15, -0.1) is 0 Å². The molecule has 0 saturated heterocycles. The first-order valence-electron chi connectivity index (χ1n) is 17.5. The standard InChI is InChI=1S/C43H36N2O6/c46-36(6-2-1-4-25-5-3-20-44-23-25)32-15-11-28-31-14-18-35(43(50)51)40-33(41(47)45-21-19-24-7-9-26-22-27(26)10-8-24)16-12-29(38(31)40)30-13-17-34(42(48)49)39(32)37(28)30/h3,5,7-9,11-18,20,23,26-27H,1-2,4,6,10,19,21-22H2,(H,45,47)(H,48,49)(H,50,51). The van der Waals surface area contributed by atoms with Crippen molar-refractivity contribution < 1.29 is 29.4 Å². The topological polar surface area (TPSA) is 134 Å². The average molecular weight is 677 g/mol. The van der Waals surface area contributed by atoms with Crippen molar-refractivity contribution in [3.8, 4) is 0 Å². The van der Waals surface area contributed by atoms with Gasteiger partial charge in [-0.25, -0.2) is 9.59 Å². The SMILES string of the molecule is O=C(O)c1ccc2c3ccc(C(=O)NCCC4=CCC5CC5C=C4)c4c(C(=O)O)ccc(c5ccc(C(=O)CCCCc6cccnc6)c1c52)c43. The van der Waals surface area contributed by atoms with Gasteiger partial charge in [-0.2, -0.15) is 0 Å². The Bertz CT molecular complexity index is 2440. The predicted molar refractivity (Wildman–Crippen MR) is 198 cm³/mol. The summed E-state index contributed by atoms with van der Waals surface area (Å²) in [5.41, 5.74) is 2.94. The first-order chi connectivity index (χ1) is 24.8. The number of carbonyl (C=O) groups is 4. The van der Waals surface area contributed by atoms with E-state index in [1.165, 1.54) is 24.1 Å². The Morgan fingerprint density at radius 3 is 1.98 bits per heavy atom. The van der Waals surface area contributed by atoms with Gasteiger partial charge in [-0.3, -0.25) is 14.6 Å². The molecule has 3 N–H and O–H groups in total. The molecule has 2 unspecified atom stereocenters. The summed E-state index contributed by atoms with van der Waals surface area (Å²) in [6.07, 6.45) is 15.7. The van der Waals surface area contributed by atoms with Crippen LogP contribution in [0.25, 0.3) is 43.1 Å². The van der Waals surface area contributed by atoms with Gasteiger partial charge >= 0.3 is 11.9 Å². The minimum absolute atomic E-state index is 0.00863. The van der Waals surface area contributed by atoms with Gasteiger partial charge < -0.3 is 15.5 Å². The molecule has 1 fully saturated rings. The van der Waals surface area contributed by atoms with Gasteiger partial charge in [-0.1, -0.05) is 60.2 Å². The molecule has 8 rings (SSSR count). The third kappa shape index (κ3) is 5.90. The maximum Gasteiger partial charge on any atom is 0.336 e. The normalized spacial score (nSPS) is 16.7. The highest BCUT2D eigenvalue weighted by molar-refractivity contribution is 6.38. The van der Waals surface area contributed by atoms with Crippen LogP contribution in [0.3, 0.4) is 0 Å². The highest BCUT2D eigenvalue weighted by Crippen LogP contribution is 2.45. The lowest BCUT2D eigenvalue weighted by molar-refractivity contribution is 0.0688. The molecule has 0 radical (unpaired) electrons. The summed E-state index contributed by atoms with van der Waals surface area (Å²) in [7, 11) is 0. The molecule has 0 spiro atoms. The molecule has 1 heterocycles. The number of benzene rings is 5. The van der Waals surface area contributed by atoms with E-state index in [2.05, 4.69) is 28.5 Å². The number of allylic oxidation sites excluding steroid dienone is 3. The molecule has 2 atom stereocenters. The molecular formula is C43H36N2O6. The van der Waals surface area contributed by atoms with Crippen molar-refractivity contribution in [2.24, 2.45) is 11.8 Å². The van der Waals surface area contributed by atoms with Crippen LogP contribution in [0.1, 0.15) is 85.5 Å². The Hall–Kier alpha value is -5.89. The molecule has 8 heteroatoms. The number of hydrogen-bond acceptors (Lipinski definition) is 5. The number of fused-ring (bicyclic) bond motifs is 3. The number of aromatic nitrogens is 1. The van der Waals surface area contributed by atoms with E-state index in [9.17, 15) is 29.4 Å². The fourth-order valence-electron chi connectivity index (χ4n) is 7.96. The average Bonchev–Trinajstić information content (AvgIpc) is 3.92. The molecular weight excluding hydrogens is 640 g/mol. The fraction of sp³-hybridized carbons (Fsp3) is 0.233. The quantitative estimate of drug-likeness (QED) is 0.0511. The minimum Gasteiger partial charge on any atom is -0.478 e. The first kappa shape index (κ1) is 32.3. The summed E-state index contributed by atoms with van der Waals surface area (Å²) in [5.74, 6) is -1.37. The van der Waals surface area contributed by atoms with Gasteiger partial charge in [0.05, 0.1) is 11.1 Å².